The first-order valence-corrected chi connectivity index (χ1v) is 8.60. The molecule has 0 aliphatic carbocycles. The standard InChI is InChI=1S/C21H15BrNO.BrH/c22-17-10-7-16(8-11-17)21(24)14-23-13-3-6-19-18-5-2-1-4-15(18)9-12-20(19)23;/h1-13H,14H2;1H/q+1;. The zero-order valence-electron chi connectivity index (χ0n) is 13.4. The largest absolute Gasteiger partial charge is 0.287 e. The van der Waals surface area contributed by atoms with Gasteiger partial charge < -0.3 is 0 Å². The molecule has 0 N–H and O–H groups in total. The molecule has 1 aromatic heterocycles. The van der Waals surface area contributed by atoms with Crippen molar-refractivity contribution in [3.63, 3.8) is 0 Å². The van der Waals surface area contributed by atoms with E-state index in [1.807, 2.05) is 53.2 Å². The fourth-order valence-corrected chi connectivity index (χ4v) is 3.32. The molecule has 4 heteroatoms. The van der Waals surface area contributed by atoms with E-state index in [4.69, 9.17) is 0 Å². The number of fused-ring (bicyclic) bond motifs is 3. The molecule has 0 spiro atoms. The molecule has 4 aromatic rings. The number of carbonyl (C=O) groups is 1. The van der Waals surface area contributed by atoms with E-state index in [-0.39, 0.29) is 22.8 Å². The van der Waals surface area contributed by atoms with Crippen LogP contribution in [0.1, 0.15) is 10.4 Å². The minimum absolute atomic E-state index is 0. The van der Waals surface area contributed by atoms with Crippen LogP contribution < -0.4 is 4.57 Å². The minimum Gasteiger partial charge on any atom is -0.287 e. The fraction of sp³-hybridized carbons (Fsp3) is 0.0476. The third-order valence-corrected chi connectivity index (χ3v) is 4.79. The summed E-state index contributed by atoms with van der Waals surface area (Å²) in [4.78, 5) is 12.6. The second-order valence-electron chi connectivity index (χ2n) is 5.79. The Kier molecular flexibility index (Phi) is 5.30. The molecule has 0 amide bonds. The Labute approximate surface area is 165 Å². The number of hydrogen-bond donors (Lipinski definition) is 0. The van der Waals surface area contributed by atoms with Crippen molar-refractivity contribution in [2.75, 3.05) is 0 Å². The number of Topliss-reactive ketones (excluding diaryl/α,β-unsaturated/α-hetero) is 1. The van der Waals surface area contributed by atoms with Gasteiger partial charge in [-0.3, -0.25) is 4.79 Å². The third kappa shape index (κ3) is 3.51. The van der Waals surface area contributed by atoms with Crippen LogP contribution in [-0.2, 0) is 6.54 Å². The lowest BCUT2D eigenvalue weighted by Gasteiger charge is -2.05. The summed E-state index contributed by atoms with van der Waals surface area (Å²) in [5.41, 5.74) is 1.80. The second kappa shape index (κ2) is 7.46. The number of halogens is 2. The number of ketones is 1. The highest BCUT2D eigenvalue weighted by Crippen LogP contribution is 2.23. The maximum absolute atomic E-state index is 12.6. The Morgan fingerprint density at radius 2 is 1.56 bits per heavy atom. The first-order chi connectivity index (χ1) is 11.7. The van der Waals surface area contributed by atoms with Crippen molar-refractivity contribution in [1.29, 1.82) is 0 Å². The second-order valence-corrected chi connectivity index (χ2v) is 6.70. The number of aromatic nitrogens is 1. The number of rotatable bonds is 3. The highest BCUT2D eigenvalue weighted by atomic mass is 79.9. The van der Waals surface area contributed by atoms with Gasteiger partial charge in [0.25, 0.3) is 0 Å². The van der Waals surface area contributed by atoms with Gasteiger partial charge in [-0.2, -0.15) is 4.57 Å². The molecule has 25 heavy (non-hydrogen) atoms. The van der Waals surface area contributed by atoms with Gasteiger partial charge in [0.1, 0.15) is 0 Å². The molecule has 124 valence electrons. The zero-order chi connectivity index (χ0) is 16.5. The molecule has 0 aliphatic heterocycles. The zero-order valence-corrected chi connectivity index (χ0v) is 16.7. The van der Waals surface area contributed by atoms with Crippen molar-refractivity contribution < 1.29 is 9.36 Å². The van der Waals surface area contributed by atoms with Crippen LogP contribution in [0.4, 0.5) is 0 Å². The van der Waals surface area contributed by atoms with Gasteiger partial charge in [0, 0.05) is 22.2 Å². The van der Waals surface area contributed by atoms with Crippen LogP contribution in [0, 0.1) is 0 Å². The van der Waals surface area contributed by atoms with Gasteiger partial charge in [-0.25, -0.2) is 0 Å². The molecule has 4 rings (SSSR count). The minimum atomic E-state index is 0. The molecule has 3 aromatic carbocycles. The van der Waals surface area contributed by atoms with Gasteiger partial charge in [0.15, 0.2) is 6.20 Å². The van der Waals surface area contributed by atoms with Crippen LogP contribution in [0.3, 0.4) is 0 Å². The van der Waals surface area contributed by atoms with Crippen molar-refractivity contribution in [3.8, 4) is 0 Å². The number of carbonyl (C=O) groups excluding carboxylic acids is 1. The average molecular weight is 458 g/mol. The number of pyridine rings is 1. The molecular formula is C21H16Br2NO+. The summed E-state index contributed by atoms with van der Waals surface area (Å²) in [6.07, 6.45) is 1.97. The van der Waals surface area contributed by atoms with E-state index in [1.54, 1.807) is 0 Å². The normalized spacial score (nSPS) is 10.6. The Hall–Kier alpha value is -2.04. The van der Waals surface area contributed by atoms with Crippen LogP contribution in [0.2, 0.25) is 0 Å². The number of hydrogen-bond acceptors (Lipinski definition) is 1. The number of nitrogens with zero attached hydrogens (tertiary/aromatic N) is 1. The first kappa shape index (κ1) is 17.8. The lowest BCUT2D eigenvalue weighted by Crippen LogP contribution is -2.38. The van der Waals surface area contributed by atoms with Crippen LogP contribution in [0.25, 0.3) is 21.7 Å². The van der Waals surface area contributed by atoms with Gasteiger partial charge in [0.05, 0.1) is 5.39 Å². The average Bonchev–Trinajstić information content (AvgIpc) is 2.62. The van der Waals surface area contributed by atoms with Gasteiger partial charge in [-0.05, 0) is 35.0 Å². The van der Waals surface area contributed by atoms with E-state index in [1.165, 1.54) is 16.2 Å². The van der Waals surface area contributed by atoms with Crippen LogP contribution >= 0.6 is 32.9 Å². The van der Waals surface area contributed by atoms with Crippen molar-refractivity contribution in [3.05, 3.63) is 89.0 Å². The van der Waals surface area contributed by atoms with E-state index in [9.17, 15) is 4.79 Å². The van der Waals surface area contributed by atoms with Gasteiger partial charge in [0.2, 0.25) is 17.8 Å². The highest BCUT2D eigenvalue weighted by molar-refractivity contribution is 9.10. The molecule has 0 bridgehead atoms. The quantitative estimate of drug-likeness (QED) is 0.226. The van der Waals surface area contributed by atoms with E-state index in [0.29, 0.717) is 6.54 Å². The SMILES string of the molecule is Br.O=C(C[n+]1cccc2c3ccccc3ccc21)c1ccc(Br)cc1. The predicted octanol–water partition coefficient (Wildman–Crippen LogP) is 5.50. The smallest absolute Gasteiger partial charge is 0.227 e. The fourth-order valence-electron chi connectivity index (χ4n) is 3.05. The highest BCUT2D eigenvalue weighted by Gasteiger charge is 2.16. The molecular weight excluding hydrogens is 442 g/mol. The first-order valence-electron chi connectivity index (χ1n) is 7.81. The lowest BCUT2D eigenvalue weighted by molar-refractivity contribution is -0.657. The molecule has 0 saturated carbocycles. The van der Waals surface area contributed by atoms with Crippen molar-refractivity contribution in [1.82, 2.24) is 0 Å². The van der Waals surface area contributed by atoms with Crippen molar-refractivity contribution in [2.45, 2.75) is 6.54 Å². The summed E-state index contributed by atoms with van der Waals surface area (Å²) in [6.45, 7) is 0.331. The monoisotopic (exact) mass is 456 g/mol. The van der Waals surface area contributed by atoms with Gasteiger partial charge in [-0.15, -0.1) is 17.0 Å². The van der Waals surface area contributed by atoms with Gasteiger partial charge >= 0.3 is 0 Å². The molecule has 1 heterocycles. The topological polar surface area (TPSA) is 20.9 Å². The Morgan fingerprint density at radius 3 is 2.36 bits per heavy atom. The summed E-state index contributed by atoms with van der Waals surface area (Å²) >= 11 is 3.40. The van der Waals surface area contributed by atoms with Crippen molar-refractivity contribution >= 4 is 60.4 Å². The van der Waals surface area contributed by atoms with Gasteiger partial charge in [-0.1, -0.05) is 52.3 Å². The van der Waals surface area contributed by atoms with E-state index in [2.05, 4.69) is 46.3 Å². The van der Waals surface area contributed by atoms with E-state index >= 15 is 0 Å². The molecule has 0 fully saturated rings. The lowest BCUT2D eigenvalue weighted by atomic mass is 10.0. The summed E-state index contributed by atoms with van der Waals surface area (Å²) in [7, 11) is 0. The summed E-state index contributed by atoms with van der Waals surface area (Å²) in [5, 5.41) is 3.58. The Bertz CT molecular complexity index is 1060. The summed E-state index contributed by atoms with van der Waals surface area (Å²) in [6, 6.07) is 24.1. The van der Waals surface area contributed by atoms with E-state index < -0.39 is 0 Å². The molecule has 0 aliphatic rings. The maximum Gasteiger partial charge on any atom is 0.227 e. The van der Waals surface area contributed by atoms with Crippen LogP contribution in [-0.4, -0.2) is 5.78 Å². The maximum atomic E-state index is 12.6. The summed E-state index contributed by atoms with van der Waals surface area (Å²) < 4.78 is 3.00. The molecule has 0 atom stereocenters. The van der Waals surface area contributed by atoms with Crippen molar-refractivity contribution in [2.24, 2.45) is 0 Å². The molecule has 2 nitrogen and oxygen atoms in total. The summed E-state index contributed by atoms with van der Waals surface area (Å²) in [5.74, 6) is 0.105. The third-order valence-electron chi connectivity index (χ3n) is 4.27. The molecule has 0 saturated heterocycles. The number of benzene rings is 3. The van der Waals surface area contributed by atoms with Crippen LogP contribution in [0.5, 0.6) is 0 Å². The molecule has 0 unspecified atom stereocenters. The Balaban J connectivity index is 0.00000182. The predicted molar refractivity (Wildman–Crippen MR) is 110 cm³/mol. The molecule has 0 radical (unpaired) electrons. The van der Waals surface area contributed by atoms with E-state index in [0.717, 1.165) is 15.6 Å². The Morgan fingerprint density at radius 1 is 0.840 bits per heavy atom. The van der Waals surface area contributed by atoms with Crippen LogP contribution in [0.15, 0.2) is 83.5 Å².